The quantitative estimate of drug-likeness (QED) is 0.750. The van der Waals surface area contributed by atoms with Crippen molar-refractivity contribution in [2.24, 2.45) is 0 Å². The molecule has 1 aromatic rings. The van der Waals surface area contributed by atoms with Crippen LogP contribution in [-0.2, 0) is 11.3 Å². The van der Waals surface area contributed by atoms with E-state index in [1.807, 2.05) is 12.1 Å². The first-order valence-corrected chi connectivity index (χ1v) is 6.72. The molecular weight excluding hydrogens is 287 g/mol. The Morgan fingerprint density at radius 1 is 1.19 bits per heavy atom. The van der Waals surface area contributed by atoms with Crippen LogP contribution in [0.2, 0.25) is 0 Å². The van der Waals surface area contributed by atoms with Crippen molar-refractivity contribution in [3.63, 3.8) is 0 Å². The summed E-state index contributed by atoms with van der Waals surface area (Å²) in [6.07, 6.45) is -2.22. The van der Waals surface area contributed by atoms with Gasteiger partial charge in [0.05, 0.1) is 13.7 Å². The minimum Gasteiger partial charge on any atom is -0.493 e. The minimum atomic E-state index is -4.63. The van der Waals surface area contributed by atoms with Gasteiger partial charge in [-0.3, -0.25) is 4.74 Å². The molecule has 1 saturated carbocycles. The van der Waals surface area contributed by atoms with Crippen LogP contribution in [0, 0.1) is 0 Å². The lowest BCUT2D eigenvalue weighted by Crippen LogP contribution is -2.18. The minimum absolute atomic E-state index is 0.199. The fraction of sp³-hybridized carbons (Fsp3) is 0.571. The molecule has 0 spiro atoms. The second-order valence-corrected chi connectivity index (χ2v) is 4.78. The molecule has 0 atom stereocenters. The summed E-state index contributed by atoms with van der Waals surface area (Å²) in [4.78, 5) is 0. The standard InChI is InChI=1S/C14H18F3NO3/c1-19-13-8-10(9-18-11-3-4-11)2-5-12(13)20-6-7-21-14(15,16)17/h2,5,8,11,18H,3-4,6-7,9H2,1H3. The van der Waals surface area contributed by atoms with Crippen LogP contribution in [0.25, 0.3) is 0 Å². The summed E-state index contributed by atoms with van der Waals surface area (Å²) in [7, 11) is 1.49. The molecule has 2 rings (SSSR count). The molecule has 1 fully saturated rings. The Morgan fingerprint density at radius 2 is 1.95 bits per heavy atom. The van der Waals surface area contributed by atoms with Crippen molar-refractivity contribution in [3.05, 3.63) is 23.8 Å². The van der Waals surface area contributed by atoms with Crippen molar-refractivity contribution in [3.8, 4) is 11.5 Å². The van der Waals surface area contributed by atoms with Crippen molar-refractivity contribution in [2.45, 2.75) is 31.8 Å². The van der Waals surface area contributed by atoms with Gasteiger partial charge in [0.25, 0.3) is 0 Å². The predicted octanol–water partition coefficient (Wildman–Crippen LogP) is 2.86. The van der Waals surface area contributed by atoms with Gasteiger partial charge in [-0.25, -0.2) is 0 Å². The number of nitrogens with one attached hydrogen (secondary N) is 1. The third-order valence-corrected chi connectivity index (χ3v) is 3.01. The van der Waals surface area contributed by atoms with Gasteiger partial charge in [-0.05, 0) is 30.5 Å². The first-order valence-electron chi connectivity index (χ1n) is 6.72. The van der Waals surface area contributed by atoms with Gasteiger partial charge in [0.1, 0.15) is 6.61 Å². The van der Waals surface area contributed by atoms with E-state index in [4.69, 9.17) is 9.47 Å². The Balaban J connectivity index is 1.83. The molecule has 0 radical (unpaired) electrons. The van der Waals surface area contributed by atoms with Crippen LogP contribution in [0.15, 0.2) is 18.2 Å². The van der Waals surface area contributed by atoms with Crippen LogP contribution in [0.3, 0.4) is 0 Å². The molecule has 4 nitrogen and oxygen atoms in total. The van der Waals surface area contributed by atoms with E-state index < -0.39 is 13.0 Å². The number of ether oxygens (including phenoxy) is 3. The van der Waals surface area contributed by atoms with E-state index in [1.54, 1.807) is 6.07 Å². The number of rotatable bonds is 8. The third kappa shape index (κ3) is 5.81. The van der Waals surface area contributed by atoms with Crippen LogP contribution in [0.5, 0.6) is 11.5 Å². The molecule has 21 heavy (non-hydrogen) atoms. The summed E-state index contributed by atoms with van der Waals surface area (Å²) in [5.41, 5.74) is 1.04. The average molecular weight is 305 g/mol. The maximum atomic E-state index is 11.8. The van der Waals surface area contributed by atoms with Gasteiger partial charge in [0.2, 0.25) is 0 Å². The van der Waals surface area contributed by atoms with Crippen LogP contribution < -0.4 is 14.8 Å². The SMILES string of the molecule is COc1cc(CNC2CC2)ccc1OCCOC(F)(F)F. The Kier molecular flexibility index (Phi) is 5.30. The van der Waals surface area contributed by atoms with Crippen LogP contribution in [0.4, 0.5) is 13.2 Å². The number of hydrogen-bond acceptors (Lipinski definition) is 4. The van der Waals surface area contributed by atoms with Crippen molar-refractivity contribution < 1.29 is 27.4 Å². The fourth-order valence-electron chi connectivity index (χ4n) is 1.80. The Morgan fingerprint density at radius 3 is 2.57 bits per heavy atom. The fourth-order valence-corrected chi connectivity index (χ4v) is 1.80. The smallest absolute Gasteiger partial charge is 0.493 e. The predicted molar refractivity (Wildman–Crippen MR) is 70.4 cm³/mol. The molecule has 0 aromatic heterocycles. The lowest BCUT2D eigenvalue weighted by Gasteiger charge is -2.13. The average Bonchev–Trinajstić information content (AvgIpc) is 3.25. The van der Waals surface area contributed by atoms with E-state index in [0.717, 1.165) is 12.1 Å². The number of hydrogen-bond donors (Lipinski definition) is 1. The summed E-state index contributed by atoms with van der Waals surface area (Å²) in [6, 6.07) is 5.97. The Labute approximate surface area is 121 Å². The number of halogens is 3. The van der Waals surface area contributed by atoms with Gasteiger partial charge in [-0.15, -0.1) is 13.2 Å². The maximum Gasteiger partial charge on any atom is 0.522 e. The molecule has 0 aliphatic heterocycles. The normalized spacial score (nSPS) is 15.0. The topological polar surface area (TPSA) is 39.7 Å². The summed E-state index contributed by atoms with van der Waals surface area (Å²) < 4.78 is 49.6. The number of alkyl halides is 3. The van der Waals surface area contributed by atoms with Crippen molar-refractivity contribution in [1.29, 1.82) is 0 Å². The number of methoxy groups -OCH3 is 1. The van der Waals surface area contributed by atoms with Crippen molar-refractivity contribution in [1.82, 2.24) is 5.32 Å². The van der Waals surface area contributed by atoms with Crippen LogP contribution >= 0.6 is 0 Å². The van der Waals surface area contributed by atoms with Gasteiger partial charge >= 0.3 is 6.36 Å². The summed E-state index contributed by atoms with van der Waals surface area (Å²) in [5, 5.41) is 3.37. The van der Waals surface area contributed by atoms with E-state index >= 15 is 0 Å². The first kappa shape index (κ1) is 15.9. The zero-order valence-electron chi connectivity index (χ0n) is 11.7. The van der Waals surface area contributed by atoms with Crippen molar-refractivity contribution >= 4 is 0 Å². The van der Waals surface area contributed by atoms with Gasteiger partial charge < -0.3 is 14.8 Å². The molecule has 118 valence electrons. The highest BCUT2D eigenvalue weighted by atomic mass is 19.4. The molecule has 0 unspecified atom stereocenters. The first-order chi connectivity index (χ1) is 9.98. The van der Waals surface area contributed by atoms with E-state index in [0.29, 0.717) is 17.5 Å². The molecule has 0 heterocycles. The van der Waals surface area contributed by atoms with Gasteiger partial charge in [-0.2, -0.15) is 0 Å². The Bertz CT molecular complexity index is 461. The zero-order valence-corrected chi connectivity index (χ0v) is 11.7. The molecule has 7 heteroatoms. The number of benzene rings is 1. The molecule has 0 amide bonds. The van der Waals surface area contributed by atoms with Crippen LogP contribution in [0.1, 0.15) is 18.4 Å². The highest BCUT2D eigenvalue weighted by molar-refractivity contribution is 5.43. The lowest BCUT2D eigenvalue weighted by atomic mass is 10.2. The molecule has 1 aliphatic rings. The van der Waals surface area contributed by atoms with Gasteiger partial charge in [0.15, 0.2) is 11.5 Å². The largest absolute Gasteiger partial charge is 0.522 e. The van der Waals surface area contributed by atoms with Crippen molar-refractivity contribution in [2.75, 3.05) is 20.3 Å². The second kappa shape index (κ2) is 7.00. The summed E-state index contributed by atoms with van der Waals surface area (Å²) >= 11 is 0. The maximum absolute atomic E-state index is 11.8. The third-order valence-electron chi connectivity index (χ3n) is 3.01. The van der Waals surface area contributed by atoms with E-state index in [2.05, 4.69) is 10.1 Å². The zero-order chi connectivity index (χ0) is 15.3. The summed E-state index contributed by atoms with van der Waals surface area (Å²) in [5.74, 6) is 0.899. The van der Waals surface area contributed by atoms with Gasteiger partial charge in [-0.1, -0.05) is 6.07 Å². The highest BCUT2D eigenvalue weighted by Crippen LogP contribution is 2.29. The lowest BCUT2D eigenvalue weighted by molar-refractivity contribution is -0.325. The molecule has 1 aromatic carbocycles. The molecule has 0 bridgehead atoms. The molecular formula is C14H18F3NO3. The van der Waals surface area contributed by atoms with E-state index in [1.165, 1.54) is 20.0 Å². The monoisotopic (exact) mass is 305 g/mol. The summed E-state index contributed by atoms with van der Waals surface area (Å²) in [6.45, 7) is -0.0221. The van der Waals surface area contributed by atoms with E-state index in [-0.39, 0.29) is 6.61 Å². The molecule has 1 N–H and O–H groups in total. The van der Waals surface area contributed by atoms with Crippen LogP contribution in [-0.4, -0.2) is 32.7 Å². The second-order valence-electron chi connectivity index (χ2n) is 4.78. The van der Waals surface area contributed by atoms with E-state index in [9.17, 15) is 13.2 Å². The highest BCUT2D eigenvalue weighted by Gasteiger charge is 2.28. The Hall–Kier alpha value is -1.47. The molecule has 1 aliphatic carbocycles. The molecule has 0 saturated heterocycles. The van der Waals surface area contributed by atoms with Gasteiger partial charge in [0, 0.05) is 12.6 Å².